The summed E-state index contributed by atoms with van der Waals surface area (Å²) >= 11 is 0. The normalized spacial score (nSPS) is 18.9. The Bertz CT molecular complexity index is 1900. The van der Waals surface area contributed by atoms with Crippen LogP contribution in [0.2, 0.25) is 5.04 Å². The molecule has 0 aromatic heterocycles. The van der Waals surface area contributed by atoms with Crippen LogP contribution < -0.4 is 21.1 Å². The van der Waals surface area contributed by atoms with E-state index in [4.69, 9.17) is 19.1 Å². The summed E-state index contributed by atoms with van der Waals surface area (Å²) in [5.74, 6) is -0.336. The Hall–Kier alpha value is -4.13. The third-order valence-electron chi connectivity index (χ3n) is 9.76. The molecule has 1 aliphatic carbocycles. The molecule has 228 valence electrons. The average molecular weight is 613 g/mol. The maximum Gasteiger partial charge on any atom is 0.357 e. The molecular weight excluding hydrogens is 573 g/mol. The first-order valence-electron chi connectivity index (χ1n) is 16.1. The Morgan fingerprint density at radius 1 is 0.756 bits per heavy atom. The second-order valence-electron chi connectivity index (χ2n) is 13.6. The fourth-order valence-corrected chi connectivity index (χ4v) is 12.3. The van der Waals surface area contributed by atoms with Crippen molar-refractivity contribution in [2.45, 2.75) is 77.5 Å². The van der Waals surface area contributed by atoms with Gasteiger partial charge in [0.25, 0.3) is 8.32 Å². The molecule has 0 amide bonds. The van der Waals surface area contributed by atoms with Crippen LogP contribution in [0.15, 0.2) is 107 Å². The number of benzene rings is 4. The minimum Gasteiger partial charge on any atom is -0.458 e. The molecule has 0 N–H and O–H groups in total. The number of carbonyl (C=O) groups excluding carboxylic acids is 1. The molecule has 0 radical (unpaired) electrons. The Morgan fingerprint density at radius 3 is 1.96 bits per heavy atom. The number of esters is 1. The molecular formula is C39H40N2O3Si. The van der Waals surface area contributed by atoms with E-state index in [0.29, 0.717) is 5.70 Å². The van der Waals surface area contributed by atoms with Crippen LogP contribution in [0.25, 0.3) is 16.7 Å². The van der Waals surface area contributed by atoms with Gasteiger partial charge in [0, 0.05) is 22.8 Å². The number of allylic oxidation sites excluding steroid dienone is 1. The van der Waals surface area contributed by atoms with Crippen molar-refractivity contribution in [1.29, 1.82) is 0 Å². The number of carbonyl (C=O) groups is 1. The van der Waals surface area contributed by atoms with Crippen LogP contribution >= 0.6 is 0 Å². The zero-order chi connectivity index (χ0) is 31.3. The van der Waals surface area contributed by atoms with E-state index in [-0.39, 0.29) is 23.2 Å². The quantitative estimate of drug-likeness (QED) is 0.158. The molecule has 4 aromatic carbocycles. The second-order valence-corrected chi connectivity index (χ2v) is 17.8. The van der Waals surface area contributed by atoms with Gasteiger partial charge in [-0.2, -0.15) is 0 Å². The van der Waals surface area contributed by atoms with E-state index < -0.39 is 8.32 Å². The molecule has 2 heterocycles. The fourth-order valence-electron chi connectivity index (χ4n) is 7.56. The first-order valence-corrected chi connectivity index (χ1v) is 18.0. The van der Waals surface area contributed by atoms with Crippen LogP contribution in [0.3, 0.4) is 0 Å². The number of nitrogens with zero attached hydrogens (tertiary/aromatic N) is 2. The lowest BCUT2D eigenvalue weighted by atomic mass is 9.95. The van der Waals surface area contributed by atoms with Crippen molar-refractivity contribution in [2.75, 3.05) is 0 Å². The van der Waals surface area contributed by atoms with Crippen molar-refractivity contribution >= 4 is 35.9 Å². The van der Waals surface area contributed by atoms with Crippen LogP contribution in [0, 0.1) is 6.92 Å². The summed E-state index contributed by atoms with van der Waals surface area (Å²) in [6, 6.07) is 31.8. The topological polar surface area (TPSA) is 60.2 Å². The third kappa shape index (κ3) is 5.01. The van der Waals surface area contributed by atoms with E-state index in [9.17, 15) is 4.79 Å². The summed E-state index contributed by atoms with van der Waals surface area (Å²) in [6.07, 6.45) is 3.20. The highest BCUT2D eigenvalue weighted by molar-refractivity contribution is 6.99. The monoisotopic (exact) mass is 612 g/mol. The molecule has 0 spiro atoms. The van der Waals surface area contributed by atoms with Gasteiger partial charge in [-0.3, -0.25) is 0 Å². The third-order valence-corrected chi connectivity index (χ3v) is 14.9. The number of rotatable bonds is 6. The number of hydrogen-bond acceptors (Lipinski definition) is 5. The SMILES string of the molecule is CC1=C(C(=O)OC2CCC(O[Si](c3ccccc3)(c3ccccc3)C(C)(C)C)CC2)N=c2cc3c(c(C)c21)=Nc1ccccc1-3. The fraction of sp³-hybridized carbons (Fsp3) is 0.308. The van der Waals surface area contributed by atoms with Crippen molar-refractivity contribution in [2.24, 2.45) is 9.98 Å². The van der Waals surface area contributed by atoms with Gasteiger partial charge in [0.15, 0.2) is 5.70 Å². The average Bonchev–Trinajstić information content (AvgIpc) is 3.59. The minimum atomic E-state index is -2.63. The summed E-state index contributed by atoms with van der Waals surface area (Å²) < 4.78 is 13.5. The van der Waals surface area contributed by atoms with Crippen LogP contribution in [0.1, 0.15) is 64.5 Å². The Labute approximate surface area is 266 Å². The molecule has 0 saturated heterocycles. The highest BCUT2D eigenvalue weighted by Crippen LogP contribution is 2.40. The largest absolute Gasteiger partial charge is 0.458 e. The standard InChI is InChI=1S/C39H40N2O3Si/c1-25-35-26(2)37(41-34(35)24-32-31-18-12-13-19-33(31)40-36(25)32)38(42)43-27-20-22-28(23-21-27)44-45(39(3,4)5,29-14-8-6-9-15-29)30-16-10-7-11-17-30/h6-19,24,27-28H,20-23H2,1-5H3. The maximum atomic E-state index is 13.5. The van der Waals surface area contributed by atoms with Crippen molar-refractivity contribution in [3.63, 3.8) is 0 Å². The summed E-state index contributed by atoms with van der Waals surface area (Å²) in [5.41, 5.74) is 6.51. The van der Waals surface area contributed by atoms with Crippen LogP contribution in [0.4, 0.5) is 5.69 Å². The van der Waals surface area contributed by atoms with Gasteiger partial charge in [-0.25, -0.2) is 14.8 Å². The summed E-state index contributed by atoms with van der Waals surface area (Å²) in [6.45, 7) is 11.0. The Kier molecular flexibility index (Phi) is 7.45. The Balaban J connectivity index is 1.08. The van der Waals surface area contributed by atoms with Gasteiger partial charge in [-0.1, -0.05) is 99.6 Å². The van der Waals surface area contributed by atoms with Crippen molar-refractivity contribution in [3.8, 4) is 11.1 Å². The molecule has 6 heteroatoms. The van der Waals surface area contributed by atoms with E-state index in [1.54, 1.807) is 0 Å². The number of ether oxygens (including phenoxy) is 1. The smallest absolute Gasteiger partial charge is 0.357 e. The van der Waals surface area contributed by atoms with Gasteiger partial charge in [0.05, 0.1) is 16.4 Å². The van der Waals surface area contributed by atoms with Crippen molar-refractivity contribution < 1.29 is 14.0 Å². The molecule has 0 unspecified atom stereocenters. The molecule has 0 bridgehead atoms. The van der Waals surface area contributed by atoms with Gasteiger partial charge >= 0.3 is 5.97 Å². The number of fused-ring (bicyclic) bond motifs is 4. The highest BCUT2D eigenvalue weighted by Gasteiger charge is 2.51. The number of hydrogen-bond donors (Lipinski definition) is 0. The lowest BCUT2D eigenvalue weighted by molar-refractivity contribution is -0.146. The summed E-state index contributed by atoms with van der Waals surface area (Å²) in [7, 11) is -2.63. The molecule has 2 aliphatic heterocycles. The van der Waals surface area contributed by atoms with E-state index in [0.717, 1.165) is 69.9 Å². The predicted octanol–water partition coefficient (Wildman–Crippen LogP) is 6.72. The zero-order valence-corrected chi connectivity index (χ0v) is 27.8. The minimum absolute atomic E-state index is 0.0737. The summed E-state index contributed by atoms with van der Waals surface area (Å²) in [4.78, 5) is 23.2. The van der Waals surface area contributed by atoms with Gasteiger partial charge in [-0.05, 0) is 78.2 Å². The lowest BCUT2D eigenvalue weighted by Crippen LogP contribution is -2.67. The van der Waals surface area contributed by atoms with E-state index in [2.05, 4.69) is 100 Å². The molecule has 7 rings (SSSR count). The van der Waals surface area contributed by atoms with Crippen LogP contribution in [-0.2, 0) is 14.0 Å². The first-order chi connectivity index (χ1) is 21.7. The van der Waals surface area contributed by atoms with Gasteiger partial charge < -0.3 is 9.16 Å². The van der Waals surface area contributed by atoms with E-state index in [1.807, 2.05) is 25.1 Å². The zero-order valence-electron chi connectivity index (χ0n) is 26.8. The second kappa shape index (κ2) is 11.3. The molecule has 3 aliphatic rings. The Morgan fingerprint density at radius 2 is 1.33 bits per heavy atom. The van der Waals surface area contributed by atoms with Crippen molar-refractivity contribution in [1.82, 2.24) is 0 Å². The molecule has 45 heavy (non-hydrogen) atoms. The lowest BCUT2D eigenvalue weighted by Gasteiger charge is -2.46. The molecule has 1 fully saturated rings. The molecule has 1 saturated carbocycles. The van der Waals surface area contributed by atoms with Gasteiger partial charge in [0.1, 0.15) is 6.10 Å². The number of para-hydroxylation sites is 1. The van der Waals surface area contributed by atoms with E-state index in [1.165, 1.54) is 10.4 Å². The predicted molar refractivity (Wildman–Crippen MR) is 182 cm³/mol. The summed E-state index contributed by atoms with van der Waals surface area (Å²) in [5, 5.41) is 4.30. The van der Waals surface area contributed by atoms with Crippen molar-refractivity contribution in [3.05, 3.63) is 119 Å². The van der Waals surface area contributed by atoms with Gasteiger partial charge in [-0.15, -0.1) is 0 Å². The molecule has 5 nitrogen and oxygen atoms in total. The first kappa shape index (κ1) is 29.6. The van der Waals surface area contributed by atoms with Gasteiger partial charge in [0.2, 0.25) is 0 Å². The maximum absolute atomic E-state index is 13.5. The van der Waals surface area contributed by atoms with Crippen LogP contribution in [-0.4, -0.2) is 26.5 Å². The molecule has 4 aromatic rings. The van der Waals surface area contributed by atoms with E-state index >= 15 is 0 Å². The highest BCUT2D eigenvalue weighted by atomic mass is 28.4. The van der Waals surface area contributed by atoms with Crippen LogP contribution in [0.5, 0.6) is 0 Å². The molecule has 0 atom stereocenters.